The second-order valence-corrected chi connectivity index (χ2v) is 5.17. The molecule has 2 heterocycles. The maximum atomic E-state index is 13.3. The predicted molar refractivity (Wildman–Crippen MR) is 80.3 cm³/mol. The zero-order chi connectivity index (χ0) is 15.1. The van der Waals surface area contributed by atoms with Crippen LogP contribution in [0, 0.1) is 12.7 Å². The van der Waals surface area contributed by atoms with Crippen molar-refractivity contribution in [3.8, 4) is 22.4 Å². The van der Waals surface area contributed by atoms with E-state index in [1.54, 1.807) is 24.0 Å². The summed E-state index contributed by atoms with van der Waals surface area (Å²) in [6.07, 6.45) is 1.68. The number of aryl methyl sites for hydroxylation is 2. The van der Waals surface area contributed by atoms with E-state index >= 15 is 0 Å². The Hall–Kier alpha value is -2.34. The molecule has 0 fully saturated rings. The molecule has 0 aliphatic carbocycles. The van der Waals surface area contributed by atoms with Crippen LogP contribution in [0.3, 0.4) is 0 Å². The molecule has 108 valence electrons. The number of halogens is 2. The van der Waals surface area contributed by atoms with Gasteiger partial charge in [-0.15, -0.1) is 0 Å². The van der Waals surface area contributed by atoms with Crippen LogP contribution in [-0.4, -0.2) is 20.0 Å². The van der Waals surface area contributed by atoms with Crippen LogP contribution in [0.5, 0.6) is 0 Å². The predicted octanol–water partition coefficient (Wildman–Crippen LogP) is 3.16. The zero-order valence-electron chi connectivity index (χ0n) is 11.5. The van der Waals surface area contributed by atoms with Gasteiger partial charge >= 0.3 is 0 Å². The van der Waals surface area contributed by atoms with Gasteiger partial charge in [-0.1, -0.05) is 11.6 Å². The molecule has 3 aromatic rings. The molecule has 5 nitrogen and oxygen atoms in total. The largest absolute Gasteiger partial charge is 0.383 e. The molecule has 0 bridgehead atoms. The fourth-order valence-electron chi connectivity index (χ4n) is 2.27. The molecule has 0 unspecified atom stereocenters. The van der Waals surface area contributed by atoms with Crippen LogP contribution in [0.15, 0.2) is 24.4 Å². The van der Waals surface area contributed by atoms with Gasteiger partial charge in [0.1, 0.15) is 17.3 Å². The monoisotopic (exact) mass is 305 g/mol. The van der Waals surface area contributed by atoms with Gasteiger partial charge < -0.3 is 5.73 Å². The van der Waals surface area contributed by atoms with Crippen LogP contribution >= 0.6 is 11.6 Å². The van der Waals surface area contributed by atoms with Crippen LogP contribution in [0.1, 0.15) is 5.69 Å². The highest BCUT2D eigenvalue weighted by molar-refractivity contribution is 6.33. The number of aromatic nitrogens is 4. The van der Waals surface area contributed by atoms with E-state index in [0.717, 1.165) is 11.3 Å². The van der Waals surface area contributed by atoms with Gasteiger partial charge in [0.15, 0.2) is 0 Å². The van der Waals surface area contributed by atoms with Crippen molar-refractivity contribution < 1.29 is 4.39 Å². The molecule has 0 atom stereocenters. The summed E-state index contributed by atoms with van der Waals surface area (Å²) in [6.45, 7) is 1.89. The van der Waals surface area contributed by atoms with E-state index in [1.807, 2.05) is 6.92 Å². The Morgan fingerprint density at radius 2 is 2.10 bits per heavy atom. The van der Waals surface area contributed by atoms with Gasteiger partial charge in [-0.2, -0.15) is 10.2 Å². The fourth-order valence-corrected chi connectivity index (χ4v) is 2.53. The lowest BCUT2D eigenvalue weighted by Gasteiger charge is -2.06. The number of nitrogen functional groups attached to an aromatic ring is 1. The number of H-pyrrole nitrogens is 1. The van der Waals surface area contributed by atoms with Crippen molar-refractivity contribution in [2.45, 2.75) is 6.92 Å². The van der Waals surface area contributed by atoms with Crippen molar-refractivity contribution in [2.75, 3.05) is 5.73 Å². The lowest BCUT2D eigenvalue weighted by Crippen LogP contribution is -1.98. The van der Waals surface area contributed by atoms with Crippen molar-refractivity contribution in [3.05, 3.63) is 40.9 Å². The molecular formula is C14H13ClFN5. The first-order valence-electron chi connectivity index (χ1n) is 6.27. The molecule has 3 rings (SSSR count). The number of aromatic amines is 1. The van der Waals surface area contributed by atoms with Crippen LogP contribution in [0.25, 0.3) is 22.4 Å². The minimum Gasteiger partial charge on any atom is -0.383 e. The summed E-state index contributed by atoms with van der Waals surface area (Å²) in [6, 6.07) is 4.21. The van der Waals surface area contributed by atoms with Crippen LogP contribution in [0.2, 0.25) is 5.02 Å². The first-order chi connectivity index (χ1) is 9.99. The smallest absolute Gasteiger partial charge is 0.129 e. The van der Waals surface area contributed by atoms with E-state index in [2.05, 4.69) is 15.3 Å². The van der Waals surface area contributed by atoms with E-state index in [0.29, 0.717) is 22.6 Å². The van der Waals surface area contributed by atoms with Crippen LogP contribution in [0.4, 0.5) is 10.2 Å². The zero-order valence-corrected chi connectivity index (χ0v) is 12.2. The maximum Gasteiger partial charge on any atom is 0.129 e. The van der Waals surface area contributed by atoms with Crippen molar-refractivity contribution in [3.63, 3.8) is 0 Å². The number of hydrogen-bond donors (Lipinski definition) is 2. The molecular weight excluding hydrogens is 293 g/mol. The van der Waals surface area contributed by atoms with Gasteiger partial charge in [0.25, 0.3) is 0 Å². The molecule has 0 spiro atoms. The first-order valence-corrected chi connectivity index (χ1v) is 6.65. The minimum atomic E-state index is -0.396. The first kappa shape index (κ1) is 13.6. The summed E-state index contributed by atoms with van der Waals surface area (Å²) in [5.41, 5.74) is 9.79. The third kappa shape index (κ3) is 2.17. The molecule has 0 saturated heterocycles. The lowest BCUT2D eigenvalue weighted by atomic mass is 10.0. The number of hydrogen-bond acceptors (Lipinski definition) is 3. The third-order valence-electron chi connectivity index (χ3n) is 3.38. The van der Waals surface area contributed by atoms with Crippen molar-refractivity contribution in [1.82, 2.24) is 20.0 Å². The highest BCUT2D eigenvalue weighted by atomic mass is 35.5. The Labute approximate surface area is 125 Å². The standard InChI is InChI=1S/C14H13ClFN5/c1-7-10(6-18-19-7)13-12(14(17)21(2)20-13)9-4-3-8(16)5-11(9)15/h3-6H,17H2,1-2H3,(H,18,19). The van der Waals surface area contributed by atoms with Crippen LogP contribution in [-0.2, 0) is 7.05 Å². The van der Waals surface area contributed by atoms with Crippen molar-refractivity contribution >= 4 is 17.4 Å². The molecule has 3 N–H and O–H groups in total. The fraction of sp³-hybridized carbons (Fsp3) is 0.143. The topological polar surface area (TPSA) is 72.5 Å². The van der Waals surface area contributed by atoms with Gasteiger partial charge in [0, 0.05) is 23.9 Å². The van der Waals surface area contributed by atoms with E-state index in [-0.39, 0.29) is 5.02 Å². The molecule has 0 aliphatic heterocycles. The Kier molecular flexibility index (Phi) is 3.17. The maximum absolute atomic E-state index is 13.3. The number of anilines is 1. The molecule has 0 aliphatic rings. The van der Waals surface area contributed by atoms with E-state index in [1.165, 1.54) is 12.1 Å². The Morgan fingerprint density at radius 3 is 2.71 bits per heavy atom. The van der Waals surface area contributed by atoms with Gasteiger partial charge in [0.05, 0.1) is 16.8 Å². The molecule has 1 aromatic carbocycles. The Bertz CT molecular complexity index is 821. The molecule has 0 radical (unpaired) electrons. The molecule has 21 heavy (non-hydrogen) atoms. The second-order valence-electron chi connectivity index (χ2n) is 4.77. The summed E-state index contributed by atoms with van der Waals surface area (Å²) >= 11 is 6.16. The van der Waals surface area contributed by atoms with Gasteiger partial charge in [0.2, 0.25) is 0 Å². The summed E-state index contributed by atoms with van der Waals surface area (Å²) in [7, 11) is 1.75. The van der Waals surface area contributed by atoms with Crippen molar-refractivity contribution in [1.29, 1.82) is 0 Å². The Morgan fingerprint density at radius 1 is 1.33 bits per heavy atom. The summed E-state index contributed by atoms with van der Waals surface area (Å²) in [5.74, 6) is 0.0614. The number of nitrogens with one attached hydrogen (secondary N) is 1. The Balaban J connectivity index is 2.30. The molecule has 2 aromatic heterocycles. The summed E-state index contributed by atoms with van der Waals surface area (Å²) in [4.78, 5) is 0. The van der Waals surface area contributed by atoms with E-state index in [9.17, 15) is 4.39 Å². The number of nitrogens with two attached hydrogens (primary N) is 1. The van der Waals surface area contributed by atoms with Crippen molar-refractivity contribution in [2.24, 2.45) is 7.05 Å². The highest BCUT2D eigenvalue weighted by Gasteiger charge is 2.21. The normalized spacial score (nSPS) is 11.0. The lowest BCUT2D eigenvalue weighted by molar-refractivity contribution is 0.628. The number of nitrogens with zero attached hydrogens (tertiary/aromatic N) is 3. The van der Waals surface area contributed by atoms with E-state index in [4.69, 9.17) is 17.3 Å². The quantitative estimate of drug-likeness (QED) is 0.764. The number of rotatable bonds is 2. The SMILES string of the molecule is Cc1[nH]ncc1-c1nn(C)c(N)c1-c1ccc(F)cc1Cl. The summed E-state index contributed by atoms with van der Waals surface area (Å²) in [5, 5.41) is 11.6. The average Bonchev–Trinajstić information content (AvgIpc) is 2.96. The van der Waals surface area contributed by atoms with Crippen LogP contribution < -0.4 is 5.73 Å². The third-order valence-corrected chi connectivity index (χ3v) is 3.69. The molecule has 0 saturated carbocycles. The highest BCUT2D eigenvalue weighted by Crippen LogP contribution is 2.40. The van der Waals surface area contributed by atoms with Gasteiger partial charge in [-0.05, 0) is 25.1 Å². The van der Waals surface area contributed by atoms with Gasteiger partial charge in [-0.3, -0.25) is 9.78 Å². The molecule has 7 heteroatoms. The number of benzene rings is 1. The second kappa shape index (κ2) is 4.89. The summed E-state index contributed by atoms with van der Waals surface area (Å²) < 4.78 is 14.8. The average molecular weight is 306 g/mol. The minimum absolute atomic E-state index is 0.289. The molecule has 0 amide bonds. The van der Waals surface area contributed by atoms with Gasteiger partial charge in [-0.25, -0.2) is 4.39 Å². The van der Waals surface area contributed by atoms with E-state index < -0.39 is 5.82 Å².